The maximum atomic E-state index is 12.4. The molecular weight excluding hydrogens is 362 g/mol. The Kier molecular flexibility index (Phi) is 4.76. The number of rotatable bonds is 5. The van der Waals surface area contributed by atoms with E-state index in [9.17, 15) is 9.59 Å². The molecule has 1 aliphatic heterocycles. The average Bonchev–Trinajstić information content (AvgIpc) is 3.14. The minimum Gasteiger partial charge on any atom is -0.486 e. The zero-order valence-corrected chi connectivity index (χ0v) is 15.1. The van der Waals surface area contributed by atoms with Crippen molar-refractivity contribution in [1.82, 2.24) is 15.0 Å². The summed E-state index contributed by atoms with van der Waals surface area (Å²) in [5.41, 5.74) is 1.58. The van der Waals surface area contributed by atoms with Gasteiger partial charge in [-0.25, -0.2) is 4.79 Å². The third-order valence-electron chi connectivity index (χ3n) is 4.16. The lowest BCUT2D eigenvalue weighted by Gasteiger charge is -2.18. The third-order valence-corrected chi connectivity index (χ3v) is 4.16. The van der Waals surface area contributed by atoms with Crippen molar-refractivity contribution in [1.29, 1.82) is 0 Å². The standard InChI is InChI=1S/C20H17N3O5/c1-13-19(22-23(21-13)15-5-3-2-4-6-15)20(25)28-12-16(24)14-7-8-17-18(11-14)27-10-9-26-17/h2-8,11H,9-10,12H2,1H3. The molecule has 1 aromatic heterocycles. The molecule has 4 rings (SSSR count). The van der Waals surface area contributed by atoms with Gasteiger partial charge in [0.05, 0.1) is 11.4 Å². The second kappa shape index (κ2) is 7.51. The summed E-state index contributed by atoms with van der Waals surface area (Å²) in [5, 5.41) is 8.40. The van der Waals surface area contributed by atoms with Crippen LogP contribution in [0.5, 0.6) is 11.5 Å². The Balaban J connectivity index is 1.43. The number of ketones is 1. The fraction of sp³-hybridized carbons (Fsp3) is 0.200. The number of carbonyl (C=O) groups is 2. The van der Waals surface area contributed by atoms with Crippen LogP contribution in [0.15, 0.2) is 48.5 Å². The number of hydrogen-bond donors (Lipinski definition) is 0. The Labute approximate surface area is 160 Å². The third kappa shape index (κ3) is 3.57. The molecular formula is C20H17N3O5. The minimum absolute atomic E-state index is 0.0684. The van der Waals surface area contributed by atoms with Crippen molar-refractivity contribution in [2.24, 2.45) is 0 Å². The number of carbonyl (C=O) groups excluding carboxylic acids is 2. The molecule has 3 aromatic rings. The summed E-state index contributed by atoms with van der Waals surface area (Å²) in [6.45, 7) is 2.15. The molecule has 0 atom stereocenters. The molecule has 0 spiro atoms. The van der Waals surface area contributed by atoms with Crippen molar-refractivity contribution in [2.75, 3.05) is 19.8 Å². The van der Waals surface area contributed by atoms with E-state index in [1.165, 1.54) is 4.80 Å². The van der Waals surface area contributed by atoms with Crippen LogP contribution in [-0.4, -0.2) is 46.6 Å². The number of para-hydroxylation sites is 1. The molecule has 2 aromatic carbocycles. The van der Waals surface area contributed by atoms with Crippen molar-refractivity contribution >= 4 is 11.8 Å². The summed E-state index contributed by atoms with van der Waals surface area (Å²) in [6.07, 6.45) is 0. The van der Waals surface area contributed by atoms with Crippen LogP contribution in [0.3, 0.4) is 0 Å². The Hall–Kier alpha value is -3.68. The predicted molar refractivity (Wildman–Crippen MR) is 98.1 cm³/mol. The topological polar surface area (TPSA) is 92.5 Å². The SMILES string of the molecule is Cc1nn(-c2ccccc2)nc1C(=O)OCC(=O)c1ccc2c(c1)OCCO2. The molecule has 0 radical (unpaired) electrons. The van der Waals surface area contributed by atoms with Crippen molar-refractivity contribution in [3.05, 3.63) is 65.5 Å². The Morgan fingerprint density at radius 3 is 2.57 bits per heavy atom. The molecule has 2 heterocycles. The highest BCUT2D eigenvalue weighted by atomic mass is 16.6. The van der Waals surface area contributed by atoms with Gasteiger partial charge < -0.3 is 14.2 Å². The highest BCUT2D eigenvalue weighted by Crippen LogP contribution is 2.30. The van der Waals surface area contributed by atoms with Crippen LogP contribution < -0.4 is 9.47 Å². The van der Waals surface area contributed by atoms with Crippen LogP contribution in [0.2, 0.25) is 0 Å². The van der Waals surface area contributed by atoms with Crippen molar-refractivity contribution in [3.8, 4) is 17.2 Å². The minimum atomic E-state index is -0.703. The summed E-state index contributed by atoms with van der Waals surface area (Å²) in [5.74, 6) is 0.0435. The summed E-state index contributed by atoms with van der Waals surface area (Å²) in [7, 11) is 0. The van der Waals surface area contributed by atoms with Gasteiger partial charge in [-0.15, -0.1) is 5.10 Å². The number of hydrogen-bond acceptors (Lipinski definition) is 7. The molecule has 8 heteroatoms. The number of nitrogens with zero attached hydrogens (tertiary/aromatic N) is 3. The molecule has 0 N–H and O–H groups in total. The van der Waals surface area contributed by atoms with Gasteiger partial charge in [-0.3, -0.25) is 4.79 Å². The highest BCUT2D eigenvalue weighted by Gasteiger charge is 2.20. The van der Waals surface area contributed by atoms with Crippen LogP contribution in [0.1, 0.15) is 26.5 Å². The van der Waals surface area contributed by atoms with Crippen molar-refractivity contribution < 1.29 is 23.8 Å². The maximum absolute atomic E-state index is 12.4. The van der Waals surface area contributed by atoms with E-state index in [-0.39, 0.29) is 11.5 Å². The van der Waals surface area contributed by atoms with E-state index >= 15 is 0 Å². The Bertz CT molecular complexity index is 1030. The summed E-state index contributed by atoms with van der Waals surface area (Å²) in [4.78, 5) is 26.1. The van der Waals surface area contributed by atoms with Crippen LogP contribution >= 0.6 is 0 Å². The molecule has 0 saturated heterocycles. The second-order valence-corrected chi connectivity index (χ2v) is 6.12. The molecule has 0 fully saturated rings. The van der Waals surface area contributed by atoms with Gasteiger partial charge in [0.2, 0.25) is 0 Å². The average molecular weight is 379 g/mol. The van der Waals surface area contributed by atoms with Gasteiger partial charge in [0, 0.05) is 5.56 Å². The summed E-state index contributed by atoms with van der Waals surface area (Å²) >= 11 is 0. The quantitative estimate of drug-likeness (QED) is 0.496. The van der Waals surface area contributed by atoms with Crippen LogP contribution in [0, 0.1) is 6.92 Å². The fourth-order valence-electron chi connectivity index (χ4n) is 2.74. The van der Waals surface area contributed by atoms with Crippen LogP contribution in [-0.2, 0) is 4.74 Å². The number of esters is 1. The van der Waals surface area contributed by atoms with E-state index in [4.69, 9.17) is 14.2 Å². The predicted octanol–water partition coefficient (Wildman–Crippen LogP) is 2.39. The lowest BCUT2D eigenvalue weighted by atomic mass is 10.1. The van der Waals surface area contributed by atoms with Crippen molar-refractivity contribution in [2.45, 2.75) is 6.92 Å². The van der Waals surface area contributed by atoms with Gasteiger partial charge in [-0.1, -0.05) is 18.2 Å². The number of benzene rings is 2. The van der Waals surface area contributed by atoms with E-state index in [2.05, 4.69) is 10.2 Å². The van der Waals surface area contributed by atoms with Crippen molar-refractivity contribution in [3.63, 3.8) is 0 Å². The summed E-state index contributed by atoms with van der Waals surface area (Å²) < 4.78 is 16.0. The molecule has 0 unspecified atom stereocenters. The highest BCUT2D eigenvalue weighted by molar-refractivity contribution is 5.99. The van der Waals surface area contributed by atoms with Gasteiger partial charge >= 0.3 is 5.97 Å². The first-order chi connectivity index (χ1) is 13.6. The van der Waals surface area contributed by atoms with Gasteiger partial charge in [-0.2, -0.15) is 9.90 Å². The Morgan fingerprint density at radius 1 is 1.04 bits per heavy atom. The Morgan fingerprint density at radius 2 is 1.79 bits per heavy atom. The molecule has 0 saturated carbocycles. The number of ether oxygens (including phenoxy) is 3. The van der Waals surface area contributed by atoms with E-state index in [0.717, 1.165) is 5.69 Å². The zero-order chi connectivity index (χ0) is 19.5. The number of Topliss-reactive ketones (excluding diaryl/α,β-unsaturated/α-hetero) is 1. The monoisotopic (exact) mass is 379 g/mol. The molecule has 0 aliphatic carbocycles. The van der Waals surface area contributed by atoms with Gasteiger partial charge in [0.15, 0.2) is 29.6 Å². The number of fused-ring (bicyclic) bond motifs is 1. The fourth-order valence-corrected chi connectivity index (χ4v) is 2.74. The normalized spacial score (nSPS) is 12.5. The lowest BCUT2D eigenvalue weighted by molar-refractivity contribution is 0.0467. The second-order valence-electron chi connectivity index (χ2n) is 6.12. The molecule has 28 heavy (non-hydrogen) atoms. The maximum Gasteiger partial charge on any atom is 0.361 e. The van der Waals surface area contributed by atoms with E-state index < -0.39 is 12.6 Å². The zero-order valence-electron chi connectivity index (χ0n) is 15.1. The van der Waals surface area contributed by atoms with E-state index in [1.807, 2.05) is 30.3 Å². The number of aryl methyl sites for hydroxylation is 1. The first-order valence-corrected chi connectivity index (χ1v) is 8.71. The first-order valence-electron chi connectivity index (χ1n) is 8.71. The van der Waals surface area contributed by atoms with E-state index in [1.54, 1.807) is 25.1 Å². The van der Waals surface area contributed by atoms with Gasteiger partial charge in [-0.05, 0) is 37.3 Å². The first kappa shape index (κ1) is 17.7. The molecule has 0 bridgehead atoms. The molecule has 8 nitrogen and oxygen atoms in total. The number of aromatic nitrogens is 3. The molecule has 142 valence electrons. The van der Waals surface area contributed by atoms with E-state index in [0.29, 0.717) is 36.0 Å². The molecule has 1 aliphatic rings. The van der Waals surface area contributed by atoms with Crippen LogP contribution in [0.25, 0.3) is 5.69 Å². The summed E-state index contributed by atoms with van der Waals surface area (Å²) in [6, 6.07) is 14.1. The largest absolute Gasteiger partial charge is 0.486 e. The van der Waals surface area contributed by atoms with Crippen LogP contribution in [0.4, 0.5) is 0 Å². The van der Waals surface area contributed by atoms with Gasteiger partial charge in [0.25, 0.3) is 0 Å². The molecule has 0 amide bonds. The van der Waals surface area contributed by atoms with Gasteiger partial charge in [0.1, 0.15) is 13.2 Å². The smallest absolute Gasteiger partial charge is 0.361 e. The lowest BCUT2D eigenvalue weighted by Crippen LogP contribution is -2.18.